The Hall–Kier alpha value is -1.17. The largest absolute Gasteiger partial charge is 3.00 e. The van der Waals surface area contributed by atoms with Gasteiger partial charge in [-0.3, -0.25) is 15.0 Å². The van der Waals surface area contributed by atoms with E-state index in [1.165, 1.54) is 0 Å². The van der Waals surface area contributed by atoms with E-state index in [4.69, 9.17) is 14.2 Å². The van der Waals surface area contributed by atoms with E-state index < -0.39 is 0 Å². The summed E-state index contributed by atoms with van der Waals surface area (Å²) in [6.45, 7) is 26.2. The first-order chi connectivity index (χ1) is 19.1. The van der Waals surface area contributed by atoms with Gasteiger partial charge in [-0.2, -0.15) is 0 Å². The minimum absolute atomic E-state index is 0. The smallest absolute Gasteiger partial charge is 0.875 e. The number of hydrogen-bond donors (Lipinski definition) is 0. The van der Waals surface area contributed by atoms with Gasteiger partial charge in [0.15, 0.2) is 0 Å². The van der Waals surface area contributed by atoms with Gasteiger partial charge in [-0.05, 0) is 37.0 Å². The summed E-state index contributed by atoms with van der Waals surface area (Å²) in [6, 6.07) is 0. The van der Waals surface area contributed by atoms with Gasteiger partial charge >= 0.3 is 39.9 Å². The molecule has 9 nitrogen and oxygen atoms in total. The number of ether oxygens (including phenoxy) is 3. The van der Waals surface area contributed by atoms with E-state index in [-0.39, 0.29) is 73.5 Å². The molecule has 0 N–H and O–H groups in total. The van der Waals surface area contributed by atoms with Crippen molar-refractivity contribution in [2.24, 2.45) is 31.2 Å². The third kappa shape index (κ3) is 32.1. The topological polar surface area (TPSA) is 134 Å². The van der Waals surface area contributed by atoms with Gasteiger partial charge in [0.25, 0.3) is 0 Å². The van der Waals surface area contributed by atoms with Gasteiger partial charge in [0, 0.05) is 38.5 Å². The monoisotopic (exact) mass is 752 g/mol. The van der Waals surface area contributed by atoms with Crippen LogP contribution in [0.5, 0.6) is 0 Å². The Morgan fingerprint density at radius 3 is 0.814 bits per heavy atom. The van der Waals surface area contributed by atoms with E-state index in [9.17, 15) is 15.3 Å². The predicted octanol–water partition coefficient (Wildman–Crippen LogP) is 4.15. The number of methoxy groups -OCH3 is 3. The van der Waals surface area contributed by atoms with E-state index in [2.05, 4.69) is 15.0 Å². The van der Waals surface area contributed by atoms with Crippen molar-refractivity contribution in [3.8, 4) is 0 Å². The van der Waals surface area contributed by atoms with Gasteiger partial charge in [0.05, 0.1) is 39.5 Å². The van der Waals surface area contributed by atoms with Gasteiger partial charge < -0.3 is 29.5 Å². The van der Waals surface area contributed by atoms with E-state index in [1.807, 2.05) is 83.1 Å². The molecule has 0 aromatic rings. The van der Waals surface area contributed by atoms with Gasteiger partial charge in [0.1, 0.15) is 0 Å². The Morgan fingerprint density at radius 2 is 0.674 bits per heavy atom. The summed E-state index contributed by atoms with van der Waals surface area (Å²) in [6.07, 6.45) is 4.78. The normalized spacial score (nSPS) is 14.3. The Morgan fingerprint density at radius 1 is 0.488 bits per heavy atom. The van der Waals surface area contributed by atoms with Crippen molar-refractivity contribution < 1.29 is 69.5 Å². The zero-order valence-corrected chi connectivity index (χ0v) is 31.9. The van der Waals surface area contributed by atoms with E-state index in [0.29, 0.717) is 39.5 Å². The zero-order valence-electron chi connectivity index (χ0n) is 29.6. The standard InChI is InChI=1S/3C11H21NO2.Gd/c3*1-9(12-6-7-14-5)8-10(13)11(2,3)4;/h3*8,13H,6-7H2,1-5H3;/q;;;+3/p-3/b3*10-8-,12-9?;. The van der Waals surface area contributed by atoms with Crippen LogP contribution in [0.1, 0.15) is 83.1 Å². The molecule has 251 valence electrons. The third-order valence-electron chi connectivity index (χ3n) is 5.21. The summed E-state index contributed by atoms with van der Waals surface area (Å²) in [5.41, 5.74) is 1.33. The second-order valence-electron chi connectivity index (χ2n) is 12.8. The average Bonchev–Trinajstić information content (AvgIpc) is 2.83. The molecule has 0 saturated carbocycles. The summed E-state index contributed by atoms with van der Waals surface area (Å²) < 4.78 is 14.6. The molecule has 1 radical (unpaired) electrons. The van der Waals surface area contributed by atoms with E-state index in [0.717, 1.165) is 17.1 Å². The van der Waals surface area contributed by atoms with Crippen molar-refractivity contribution in [3.05, 3.63) is 35.5 Å². The fourth-order valence-corrected chi connectivity index (χ4v) is 2.30. The van der Waals surface area contributed by atoms with E-state index in [1.54, 1.807) is 39.6 Å². The average molecular weight is 752 g/mol. The Balaban J connectivity index is -0.000000262. The third-order valence-corrected chi connectivity index (χ3v) is 5.21. The van der Waals surface area contributed by atoms with Crippen molar-refractivity contribution >= 4 is 17.1 Å². The number of hydrogen-bond acceptors (Lipinski definition) is 9. The van der Waals surface area contributed by atoms with Crippen LogP contribution in [0.2, 0.25) is 0 Å². The van der Waals surface area contributed by atoms with Crippen LogP contribution in [-0.4, -0.2) is 77.9 Å². The SMILES string of the molecule is COCCN=C(C)/C=C(\[O-])C(C)(C)C.COCCN=C(C)/C=C(\[O-])C(C)(C)C.COCCN=C(C)/C=C(\[O-])C(C)(C)C.[Gd+3]. The molecule has 0 fully saturated rings. The quantitative estimate of drug-likeness (QED) is 0.167. The van der Waals surface area contributed by atoms with Crippen molar-refractivity contribution in [2.75, 3.05) is 60.8 Å². The van der Waals surface area contributed by atoms with E-state index >= 15 is 0 Å². The van der Waals surface area contributed by atoms with Crippen LogP contribution in [0.4, 0.5) is 0 Å². The van der Waals surface area contributed by atoms with Crippen molar-refractivity contribution in [1.82, 2.24) is 0 Å². The number of aliphatic imine (C=N–C) groups is 3. The second kappa shape index (κ2) is 26.1. The maximum Gasteiger partial charge on any atom is 3.00 e. The second-order valence-corrected chi connectivity index (χ2v) is 12.8. The Labute approximate surface area is 295 Å². The fourth-order valence-electron chi connectivity index (χ4n) is 2.30. The molecule has 0 aliphatic rings. The molecule has 0 aromatic heterocycles. The minimum atomic E-state index is -0.321. The molecular weight excluding hydrogens is 692 g/mol. The minimum Gasteiger partial charge on any atom is -0.875 e. The van der Waals surface area contributed by atoms with Crippen molar-refractivity contribution in [1.29, 1.82) is 0 Å². The molecule has 0 unspecified atom stereocenters. The fraction of sp³-hybridized carbons (Fsp3) is 0.727. The number of rotatable bonds is 12. The van der Waals surface area contributed by atoms with Crippen molar-refractivity contribution in [3.63, 3.8) is 0 Å². The molecule has 0 amide bonds. The molecule has 0 aromatic carbocycles. The zero-order chi connectivity index (χ0) is 33.6. The number of allylic oxidation sites excluding steroid dienone is 6. The number of nitrogens with zero attached hydrogens (tertiary/aromatic N) is 3. The van der Waals surface area contributed by atoms with Crippen LogP contribution >= 0.6 is 0 Å². The summed E-state index contributed by atoms with van der Waals surface area (Å²) in [4.78, 5) is 12.5. The molecule has 0 rings (SSSR count). The molecule has 0 saturated heterocycles. The van der Waals surface area contributed by atoms with Gasteiger partial charge in [-0.1, -0.05) is 80.5 Å². The molecule has 43 heavy (non-hydrogen) atoms. The summed E-state index contributed by atoms with van der Waals surface area (Å²) in [7, 11) is 4.90. The molecule has 0 bridgehead atoms. The maximum absolute atomic E-state index is 11.5. The van der Waals surface area contributed by atoms with Crippen LogP contribution in [-0.2, 0) is 14.2 Å². The molecule has 0 spiro atoms. The van der Waals surface area contributed by atoms with Gasteiger partial charge in [-0.15, -0.1) is 17.3 Å². The van der Waals surface area contributed by atoms with Crippen LogP contribution in [0.15, 0.2) is 50.5 Å². The molecule has 0 aliphatic carbocycles. The summed E-state index contributed by atoms with van der Waals surface area (Å²) in [5.74, 6) is 0.323. The first kappa shape index (κ1) is 48.7. The van der Waals surface area contributed by atoms with Crippen LogP contribution < -0.4 is 15.3 Å². The summed E-state index contributed by atoms with van der Waals surface area (Å²) in [5, 5.41) is 34.6. The molecule has 10 heteroatoms. The van der Waals surface area contributed by atoms with Crippen LogP contribution in [0, 0.1) is 56.2 Å². The first-order valence-electron chi connectivity index (χ1n) is 14.3. The molecular formula is C33H60GdN3O6. The van der Waals surface area contributed by atoms with Crippen LogP contribution in [0.25, 0.3) is 0 Å². The Bertz CT molecular complexity index is 798. The maximum atomic E-state index is 11.5. The molecule has 0 atom stereocenters. The first-order valence-corrected chi connectivity index (χ1v) is 14.3. The van der Waals surface area contributed by atoms with Crippen molar-refractivity contribution in [2.45, 2.75) is 83.1 Å². The van der Waals surface area contributed by atoms with Gasteiger partial charge in [-0.25, -0.2) is 0 Å². The predicted molar refractivity (Wildman–Crippen MR) is 172 cm³/mol. The van der Waals surface area contributed by atoms with Gasteiger partial charge in [0.2, 0.25) is 0 Å². The Kier molecular flexibility index (Phi) is 29.6. The van der Waals surface area contributed by atoms with Crippen LogP contribution in [0.3, 0.4) is 0 Å². The summed E-state index contributed by atoms with van der Waals surface area (Å²) >= 11 is 0. The molecule has 0 heterocycles. The molecule has 0 aliphatic heterocycles.